The molecule has 0 amide bonds. The fraction of sp³-hybridized carbons (Fsp3) is 0.143. The quantitative estimate of drug-likeness (QED) is 0.723. The molecule has 0 unspecified atom stereocenters. The summed E-state index contributed by atoms with van der Waals surface area (Å²) in [7, 11) is 0. The van der Waals surface area contributed by atoms with Crippen LogP contribution in [0.1, 0.15) is 0 Å². The number of benzene rings is 2. The minimum absolute atomic E-state index is 0.262. The van der Waals surface area contributed by atoms with Crippen molar-refractivity contribution in [3.63, 3.8) is 0 Å². The van der Waals surface area contributed by atoms with Crippen molar-refractivity contribution in [3.8, 4) is 11.5 Å². The van der Waals surface area contributed by atoms with E-state index in [0.717, 1.165) is 24.3 Å². The van der Waals surface area contributed by atoms with E-state index in [9.17, 15) is 17.6 Å². The molecule has 0 aromatic heterocycles. The van der Waals surface area contributed by atoms with Gasteiger partial charge in [-0.2, -0.15) is 17.6 Å². The fourth-order valence-corrected chi connectivity index (χ4v) is 1.53. The Labute approximate surface area is 122 Å². The third-order valence-electron chi connectivity index (χ3n) is 2.39. The molecule has 2 aromatic carbocycles. The molecule has 0 radical (unpaired) electrons. The van der Waals surface area contributed by atoms with Crippen molar-refractivity contribution >= 4 is 11.6 Å². The van der Waals surface area contributed by atoms with Crippen molar-refractivity contribution in [1.82, 2.24) is 0 Å². The average Bonchev–Trinajstić information content (AvgIpc) is 2.41. The Bertz CT molecular complexity index is 588. The summed E-state index contributed by atoms with van der Waals surface area (Å²) in [5, 5.41) is 0.262. The third-order valence-corrected chi connectivity index (χ3v) is 2.64. The highest BCUT2D eigenvalue weighted by atomic mass is 35.5. The van der Waals surface area contributed by atoms with Crippen LogP contribution in [0.4, 0.5) is 17.6 Å². The molecule has 0 bridgehead atoms. The zero-order valence-corrected chi connectivity index (χ0v) is 11.2. The van der Waals surface area contributed by atoms with Crippen LogP contribution < -0.4 is 9.47 Å². The van der Waals surface area contributed by atoms with Crippen LogP contribution in [0.15, 0.2) is 54.6 Å². The summed E-state index contributed by atoms with van der Waals surface area (Å²) in [5.41, 5.74) is 0. The largest absolute Gasteiger partial charge is 0.507 e. The lowest BCUT2D eigenvalue weighted by atomic mass is 10.3. The minimum Gasteiger partial charge on any atom is -0.425 e. The van der Waals surface area contributed by atoms with E-state index in [1.807, 2.05) is 0 Å². The molecular weight excluding hydrogens is 312 g/mol. The molecule has 112 valence electrons. The molecular formula is C14H9ClF4O2. The van der Waals surface area contributed by atoms with Crippen molar-refractivity contribution in [2.24, 2.45) is 0 Å². The second-order valence-electron chi connectivity index (χ2n) is 4.00. The molecule has 0 aliphatic heterocycles. The topological polar surface area (TPSA) is 18.5 Å². The van der Waals surface area contributed by atoms with Crippen LogP contribution in [-0.4, -0.2) is 12.2 Å². The zero-order chi connectivity index (χ0) is 15.5. The maximum atomic E-state index is 13.5. The first-order valence-corrected chi connectivity index (χ1v) is 6.12. The van der Waals surface area contributed by atoms with E-state index in [1.54, 1.807) is 0 Å². The Morgan fingerprint density at radius 2 is 1.10 bits per heavy atom. The smallest absolute Gasteiger partial charge is 0.425 e. The van der Waals surface area contributed by atoms with E-state index in [0.29, 0.717) is 0 Å². The second kappa shape index (κ2) is 5.81. The number of hydrogen-bond acceptors (Lipinski definition) is 2. The van der Waals surface area contributed by atoms with E-state index in [2.05, 4.69) is 9.47 Å². The summed E-state index contributed by atoms with van der Waals surface area (Å²) in [5.74, 6) is -0.859. The number of halogens is 5. The predicted molar refractivity (Wildman–Crippen MR) is 69.0 cm³/mol. The Hall–Kier alpha value is -1.95. The van der Waals surface area contributed by atoms with Gasteiger partial charge in [0.15, 0.2) is 0 Å². The van der Waals surface area contributed by atoms with E-state index in [1.165, 1.54) is 30.3 Å². The Balaban J connectivity index is 2.14. The first kappa shape index (κ1) is 15.4. The van der Waals surface area contributed by atoms with Crippen LogP contribution in [0, 0.1) is 0 Å². The maximum absolute atomic E-state index is 13.5. The number of hydrogen-bond donors (Lipinski definition) is 0. The van der Waals surface area contributed by atoms with Crippen molar-refractivity contribution in [3.05, 3.63) is 59.6 Å². The molecule has 0 heterocycles. The predicted octanol–water partition coefficient (Wildman–Crippen LogP) is 4.98. The van der Waals surface area contributed by atoms with Gasteiger partial charge in [-0.15, -0.1) is 0 Å². The number of rotatable bonds is 5. The molecule has 21 heavy (non-hydrogen) atoms. The van der Waals surface area contributed by atoms with E-state index in [-0.39, 0.29) is 5.02 Å². The van der Waals surface area contributed by atoms with Crippen LogP contribution in [0.5, 0.6) is 11.5 Å². The highest BCUT2D eigenvalue weighted by molar-refractivity contribution is 6.30. The Kier molecular flexibility index (Phi) is 4.27. The first-order valence-electron chi connectivity index (χ1n) is 5.74. The SMILES string of the molecule is FC(F)(Oc1ccccc1)C(F)(F)Oc1ccc(Cl)cc1. The lowest BCUT2D eigenvalue weighted by Crippen LogP contribution is -2.49. The van der Waals surface area contributed by atoms with Crippen LogP contribution in [0.2, 0.25) is 5.02 Å². The standard InChI is InChI=1S/C14H9ClF4O2/c15-10-6-8-12(9-7-10)21-14(18,19)13(16,17)20-11-4-2-1-3-5-11/h1-9H. The van der Waals surface area contributed by atoms with Crippen molar-refractivity contribution in [2.45, 2.75) is 12.2 Å². The van der Waals surface area contributed by atoms with E-state index >= 15 is 0 Å². The molecule has 2 aromatic rings. The summed E-state index contributed by atoms with van der Waals surface area (Å²) < 4.78 is 62.2. The van der Waals surface area contributed by atoms with E-state index < -0.39 is 23.7 Å². The van der Waals surface area contributed by atoms with Gasteiger partial charge in [0.1, 0.15) is 11.5 Å². The number of ether oxygens (including phenoxy) is 2. The molecule has 0 N–H and O–H groups in total. The number of alkyl halides is 4. The first-order chi connectivity index (χ1) is 9.80. The minimum atomic E-state index is -4.85. The van der Waals surface area contributed by atoms with Gasteiger partial charge in [-0.05, 0) is 36.4 Å². The lowest BCUT2D eigenvalue weighted by molar-refractivity contribution is -0.379. The van der Waals surface area contributed by atoms with Crippen LogP contribution >= 0.6 is 11.6 Å². The lowest BCUT2D eigenvalue weighted by Gasteiger charge is -2.26. The third kappa shape index (κ3) is 3.78. The van der Waals surface area contributed by atoms with Crippen molar-refractivity contribution in [2.75, 3.05) is 0 Å². The average molecular weight is 321 g/mol. The molecule has 0 aliphatic carbocycles. The molecule has 0 spiro atoms. The van der Waals surface area contributed by atoms with Gasteiger partial charge in [0.25, 0.3) is 0 Å². The molecule has 7 heteroatoms. The zero-order valence-electron chi connectivity index (χ0n) is 10.4. The highest BCUT2D eigenvalue weighted by Crippen LogP contribution is 2.38. The van der Waals surface area contributed by atoms with Gasteiger partial charge in [-0.3, -0.25) is 0 Å². The van der Waals surface area contributed by atoms with Gasteiger partial charge in [0.2, 0.25) is 0 Å². The molecule has 0 atom stereocenters. The van der Waals surface area contributed by atoms with Gasteiger partial charge in [-0.1, -0.05) is 29.8 Å². The van der Waals surface area contributed by atoms with Gasteiger partial charge in [0.05, 0.1) is 0 Å². The van der Waals surface area contributed by atoms with Gasteiger partial charge < -0.3 is 9.47 Å². The molecule has 0 saturated heterocycles. The van der Waals surface area contributed by atoms with Gasteiger partial charge >= 0.3 is 12.2 Å². The highest BCUT2D eigenvalue weighted by Gasteiger charge is 2.63. The van der Waals surface area contributed by atoms with E-state index in [4.69, 9.17) is 11.6 Å². The summed E-state index contributed by atoms with van der Waals surface area (Å²) in [4.78, 5) is 0. The molecule has 2 nitrogen and oxygen atoms in total. The summed E-state index contributed by atoms with van der Waals surface area (Å²) >= 11 is 5.56. The van der Waals surface area contributed by atoms with Crippen LogP contribution in [-0.2, 0) is 0 Å². The second-order valence-corrected chi connectivity index (χ2v) is 4.44. The fourth-order valence-electron chi connectivity index (χ4n) is 1.41. The molecule has 0 aliphatic rings. The Morgan fingerprint density at radius 1 is 0.667 bits per heavy atom. The van der Waals surface area contributed by atoms with Gasteiger partial charge in [0, 0.05) is 5.02 Å². The maximum Gasteiger partial charge on any atom is 0.507 e. The summed E-state index contributed by atoms with van der Waals surface area (Å²) in [6.45, 7) is 0. The molecule has 0 fully saturated rings. The molecule has 0 saturated carbocycles. The Morgan fingerprint density at radius 3 is 1.57 bits per heavy atom. The van der Waals surface area contributed by atoms with Crippen molar-refractivity contribution < 1.29 is 27.0 Å². The van der Waals surface area contributed by atoms with Gasteiger partial charge in [-0.25, -0.2) is 0 Å². The number of para-hydroxylation sites is 1. The van der Waals surface area contributed by atoms with Crippen LogP contribution in [0.3, 0.4) is 0 Å². The molecule has 2 rings (SSSR count). The monoisotopic (exact) mass is 320 g/mol. The summed E-state index contributed by atoms with van der Waals surface area (Å²) in [6.07, 6.45) is -9.69. The summed E-state index contributed by atoms with van der Waals surface area (Å²) in [6, 6.07) is 11.1. The normalized spacial score (nSPS) is 12.0. The van der Waals surface area contributed by atoms with Crippen LogP contribution in [0.25, 0.3) is 0 Å². The van der Waals surface area contributed by atoms with Crippen molar-refractivity contribution in [1.29, 1.82) is 0 Å².